The molecule has 1 aliphatic rings. The van der Waals surface area contributed by atoms with Crippen LogP contribution in [-0.2, 0) is 29.0 Å². The Hall–Kier alpha value is -3.12. The van der Waals surface area contributed by atoms with Crippen molar-refractivity contribution < 1.29 is 14.3 Å². The first-order chi connectivity index (χ1) is 16.1. The molecule has 0 fully saturated rings. The third-order valence-corrected chi connectivity index (χ3v) is 5.91. The van der Waals surface area contributed by atoms with Gasteiger partial charge in [-0.25, -0.2) is 4.98 Å². The van der Waals surface area contributed by atoms with Crippen LogP contribution in [0.3, 0.4) is 0 Å². The summed E-state index contributed by atoms with van der Waals surface area (Å²) < 4.78 is 13.9. The predicted molar refractivity (Wildman–Crippen MR) is 128 cm³/mol. The molecule has 0 spiro atoms. The zero-order chi connectivity index (χ0) is 23.0. The number of ether oxygens (including phenoxy) is 2. The summed E-state index contributed by atoms with van der Waals surface area (Å²) >= 11 is 0. The number of aromatic nitrogens is 2. The number of carbonyl (C=O) groups excluding carboxylic acids is 1. The van der Waals surface area contributed by atoms with E-state index in [1.54, 1.807) is 6.20 Å². The number of imidazole rings is 1. The number of carbonyl (C=O) groups is 1. The molecule has 3 aromatic rings. The van der Waals surface area contributed by atoms with Crippen LogP contribution >= 0.6 is 0 Å². The molecule has 2 bridgehead atoms. The van der Waals surface area contributed by atoms with Crippen molar-refractivity contribution in [2.75, 3.05) is 26.4 Å². The van der Waals surface area contributed by atoms with Crippen LogP contribution < -0.4 is 4.74 Å². The van der Waals surface area contributed by atoms with Crippen molar-refractivity contribution in [2.24, 2.45) is 0 Å². The van der Waals surface area contributed by atoms with Crippen molar-refractivity contribution in [3.8, 4) is 5.75 Å². The zero-order valence-corrected chi connectivity index (χ0v) is 19.6. The van der Waals surface area contributed by atoms with Gasteiger partial charge >= 0.3 is 0 Å². The summed E-state index contributed by atoms with van der Waals surface area (Å²) in [6.07, 6.45) is 4.99. The number of fused-ring (bicyclic) bond motifs is 3. The van der Waals surface area contributed by atoms with Crippen LogP contribution in [0.15, 0.2) is 60.9 Å². The quantitative estimate of drug-likeness (QED) is 0.594. The highest BCUT2D eigenvalue weighted by Crippen LogP contribution is 2.22. The Labute approximate surface area is 196 Å². The summed E-state index contributed by atoms with van der Waals surface area (Å²) in [5, 5.41) is 0. The summed E-state index contributed by atoms with van der Waals surface area (Å²) in [5.41, 5.74) is 3.49. The van der Waals surface area contributed by atoms with Gasteiger partial charge in [0.05, 0.1) is 13.2 Å². The highest BCUT2D eigenvalue weighted by atomic mass is 16.5. The zero-order valence-electron chi connectivity index (χ0n) is 19.6. The molecular weight excluding hydrogens is 414 g/mol. The fraction of sp³-hybridized carbons (Fsp3) is 0.407. The molecule has 2 aromatic carbocycles. The van der Waals surface area contributed by atoms with Gasteiger partial charge in [0.1, 0.15) is 18.2 Å². The summed E-state index contributed by atoms with van der Waals surface area (Å²) in [7, 11) is 0. The molecule has 1 amide bonds. The smallest absolute Gasteiger partial charge is 0.224 e. The summed E-state index contributed by atoms with van der Waals surface area (Å²) in [4.78, 5) is 19.5. The summed E-state index contributed by atoms with van der Waals surface area (Å²) in [6.45, 7) is 7.48. The molecule has 0 unspecified atom stereocenters. The van der Waals surface area contributed by atoms with Crippen molar-refractivity contribution >= 4 is 5.91 Å². The molecule has 174 valence electrons. The standard InChI is InChI=1S/C27H33N3O3/c1-21(2)27-28-11-13-29(27)12-10-26(31)30-14-15-32-16-17-33-25-9-4-3-8-24(25)19-22-6-5-7-23(18-22)20-30/h3-9,11,13,18,21H,10,12,14-17,19-20H2,1-2H3. The number of para-hydroxylation sites is 1. The van der Waals surface area contributed by atoms with E-state index in [-0.39, 0.29) is 5.91 Å². The van der Waals surface area contributed by atoms with Gasteiger partial charge in [-0.15, -0.1) is 0 Å². The van der Waals surface area contributed by atoms with Crippen LogP contribution in [0.2, 0.25) is 0 Å². The number of aryl methyl sites for hydroxylation is 1. The van der Waals surface area contributed by atoms with E-state index < -0.39 is 0 Å². The molecular formula is C27H33N3O3. The highest BCUT2D eigenvalue weighted by molar-refractivity contribution is 5.76. The molecule has 6 nitrogen and oxygen atoms in total. The average molecular weight is 448 g/mol. The van der Waals surface area contributed by atoms with Gasteiger partial charge in [0.15, 0.2) is 0 Å². The minimum atomic E-state index is 0.126. The number of hydrogen-bond acceptors (Lipinski definition) is 4. The molecule has 0 saturated heterocycles. The third-order valence-electron chi connectivity index (χ3n) is 5.91. The molecule has 0 aliphatic carbocycles. The van der Waals surface area contributed by atoms with E-state index in [1.807, 2.05) is 29.3 Å². The molecule has 2 heterocycles. The molecule has 33 heavy (non-hydrogen) atoms. The van der Waals surface area contributed by atoms with Gasteiger partial charge in [-0.2, -0.15) is 0 Å². The maximum Gasteiger partial charge on any atom is 0.224 e. The maximum absolute atomic E-state index is 13.2. The number of benzene rings is 2. The number of nitrogens with zero attached hydrogens (tertiary/aromatic N) is 3. The molecule has 0 saturated carbocycles. The Morgan fingerprint density at radius 3 is 2.79 bits per heavy atom. The molecule has 0 N–H and O–H groups in total. The third kappa shape index (κ3) is 6.23. The van der Waals surface area contributed by atoms with Gasteiger partial charge in [-0.05, 0) is 22.8 Å². The van der Waals surface area contributed by atoms with Crippen LogP contribution in [0.25, 0.3) is 0 Å². The minimum absolute atomic E-state index is 0.126. The van der Waals surface area contributed by atoms with E-state index in [1.165, 1.54) is 5.56 Å². The fourth-order valence-electron chi connectivity index (χ4n) is 4.23. The second-order valence-corrected chi connectivity index (χ2v) is 8.76. The van der Waals surface area contributed by atoms with E-state index >= 15 is 0 Å². The van der Waals surface area contributed by atoms with Gasteiger partial charge in [0.2, 0.25) is 5.91 Å². The molecule has 1 aromatic heterocycles. The van der Waals surface area contributed by atoms with Gasteiger partial charge < -0.3 is 18.9 Å². The fourth-order valence-corrected chi connectivity index (χ4v) is 4.23. The Kier molecular flexibility index (Phi) is 7.79. The SMILES string of the molecule is CC(C)c1nccn1CCC(=O)N1CCOCCOc2ccccc2Cc2cccc(c2)C1. The normalized spacial score (nSPS) is 14.9. The van der Waals surface area contributed by atoms with Crippen LogP contribution in [0.4, 0.5) is 0 Å². The lowest BCUT2D eigenvalue weighted by atomic mass is 10.0. The largest absolute Gasteiger partial charge is 0.491 e. The predicted octanol–water partition coefficient (Wildman–Crippen LogP) is 4.43. The topological polar surface area (TPSA) is 56.6 Å². The first kappa shape index (κ1) is 23.1. The number of hydrogen-bond donors (Lipinski definition) is 0. The number of rotatable bonds is 4. The molecule has 0 radical (unpaired) electrons. The Balaban J connectivity index is 1.49. The Morgan fingerprint density at radius 1 is 1.06 bits per heavy atom. The van der Waals surface area contributed by atoms with E-state index in [9.17, 15) is 4.79 Å². The lowest BCUT2D eigenvalue weighted by molar-refractivity contribution is -0.132. The molecule has 0 atom stereocenters. The van der Waals surface area contributed by atoms with Crippen LogP contribution in [0.1, 0.15) is 48.7 Å². The number of amides is 1. The summed E-state index contributed by atoms with van der Waals surface area (Å²) in [5.74, 6) is 2.37. The second-order valence-electron chi connectivity index (χ2n) is 8.76. The highest BCUT2D eigenvalue weighted by Gasteiger charge is 2.16. The van der Waals surface area contributed by atoms with Crippen molar-refractivity contribution in [1.82, 2.24) is 14.5 Å². The van der Waals surface area contributed by atoms with Gasteiger partial charge in [0, 0.05) is 50.8 Å². The van der Waals surface area contributed by atoms with Gasteiger partial charge in [-0.3, -0.25) is 4.79 Å². The van der Waals surface area contributed by atoms with E-state index in [2.05, 4.69) is 53.7 Å². The Bertz CT molecular complexity index is 1060. The van der Waals surface area contributed by atoms with Crippen LogP contribution in [0, 0.1) is 0 Å². The lowest BCUT2D eigenvalue weighted by Crippen LogP contribution is -2.34. The average Bonchev–Trinajstić information content (AvgIpc) is 3.29. The van der Waals surface area contributed by atoms with Crippen LogP contribution in [0.5, 0.6) is 5.75 Å². The van der Waals surface area contributed by atoms with E-state index in [4.69, 9.17) is 9.47 Å². The monoisotopic (exact) mass is 447 g/mol. The van der Waals surface area contributed by atoms with Gasteiger partial charge in [0.25, 0.3) is 0 Å². The Morgan fingerprint density at radius 2 is 1.91 bits per heavy atom. The molecule has 6 heteroatoms. The molecule has 4 rings (SSSR count). The van der Waals surface area contributed by atoms with Crippen LogP contribution in [-0.4, -0.2) is 46.7 Å². The van der Waals surface area contributed by atoms with Crippen molar-refractivity contribution in [2.45, 2.75) is 45.7 Å². The first-order valence-corrected chi connectivity index (χ1v) is 11.7. The van der Waals surface area contributed by atoms with Crippen molar-refractivity contribution in [3.05, 3.63) is 83.4 Å². The summed E-state index contributed by atoms with van der Waals surface area (Å²) in [6, 6.07) is 16.6. The van der Waals surface area contributed by atoms with Crippen molar-refractivity contribution in [3.63, 3.8) is 0 Å². The first-order valence-electron chi connectivity index (χ1n) is 11.7. The minimum Gasteiger partial charge on any atom is -0.491 e. The molecule has 1 aliphatic heterocycles. The maximum atomic E-state index is 13.2. The van der Waals surface area contributed by atoms with Gasteiger partial charge in [-0.1, -0.05) is 56.3 Å². The lowest BCUT2D eigenvalue weighted by Gasteiger charge is -2.24. The van der Waals surface area contributed by atoms with Crippen molar-refractivity contribution in [1.29, 1.82) is 0 Å². The second kappa shape index (κ2) is 11.1. The van der Waals surface area contributed by atoms with E-state index in [0.29, 0.717) is 51.8 Å². The van der Waals surface area contributed by atoms with E-state index in [0.717, 1.165) is 29.1 Å².